The van der Waals surface area contributed by atoms with E-state index in [4.69, 9.17) is 6.42 Å². The van der Waals surface area contributed by atoms with Crippen molar-refractivity contribution < 1.29 is 0 Å². The fraction of sp³-hybridized carbons (Fsp3) is 0.294. The Hall–Kier alpha value is -2.32. The number of aryl methyl sites for hydroxylation is 1. The molecule has 0 unspecified atom stereocenters. The number of hydrogen-bond acceptors (Lipinski definition) is 3. The smallest absolute Gasteiger partial charge is 0.192 e. The minimum absolute atomic E-state index is 0.461. The summed E-state index contributed by atoms with van der Waals surface area (Å²) >= 11 is 1.68. The van der Waals surface area contributed by atoms with Crippen LogP contribution in [0.2, 0.25) is 0 Å². The number of nitrogens with one attached hydrogen (secondary N) is 2. The Kier molecular flexibility index (Phi) is 5.99. The monoisotopic (exact) mass is 312 g/mol. The Morgan fingerprint density at radius 2 is 2.09 bits per heavy atom. The predicted molar refractivity (Wildman–Crippen MR) is 93.9 cm³/mol. The largest absolute Gasteiger partial charge is 0.357 e. The summed E-state index contributed by atoms with van der Waals surface area (Å²) in [5.74, 6) is 3.28. The van der Waals surface area contributed by atoms with E-state index in [1.54, 1.807) is 11.3 Å². The highest BCUT2D eigenvalue weighted by molar-refractivity contribution is 7.15. The molecule has 0 amide bonds. The first-order chi connectivity index (χ1) is 10.7. The summed E-state index contributed by atoms with van der Waals surface area (Å²) in [5, 5.41) is 7.29. The lowest BCUT2D eigenvalue weighted by atomic mass is 10.2. The first-order valence-corrected chi connectivity index (χ1v) is 8.03. The van der Waals surface area contributed by atoms with Crippen molar-refractivity contribution in [3.8, 4) is 22.9 Å². The Balaban J connectivity index is 2.12. The Bertz CT molecular complexity index is 668. The zero-order valence-corrected chi connectivity index (χ0v) is 13.7. The summed E-state index contributed by atoms with van der Waals surface area (Å²) in [7, 11) is 0. The highest BCUT2D eigenvalue weighted by atomic mass is 32.1. The summed E-state index contributed by atoms with van der Waals surface area (Å²) in [5.41, 5.74) is 2.17. The lowest BCUT2D eigenvalue weighted by molar-refractivity contribution is 0.866. The second-order valence-electron chi connectivity index (χ2n) is 4.65. The van der Waals surface area contributed by atoms with Crippen molar-refractivity contribution in [3.05, 3.63) is 40.9 Å². The Labute approximate surface area is 135 Å². The van der Waals surface area contributed by atoms with Crippen molar-refractivity contribution in [3.63, 3.8) is 0 Å². The normalized spacial score (nSPS) is 11.0. The SMILES string of the molecule is C#CCNC(=NCc1sc(-c2ccccc2)nc1C)NCC. The van der Waals surface area contributed by atoms with E-state index in [-0.39, 0.29) is 0 Å². The summed E-state index contributed by atoms with van der Waals surface area (Å²) in [6.45, 7) is 5.90. The van der Waals surface area contributed by atoms with Gasteiger partial charge in [0.1, 0.15) is 5.01 Å². The van der Waals surface area contributed by atoms with Gasteiger partial charge in [-0.15, -0.1) is 17.8 Å². The lowest BCUT2D eigenvalue weighted by Crippen LogP contribution is -2.37. The number of hydrogen-bond donors (Lipinski definition) is 2. The van der Waals surface area contributed by atoms with Crippen LogP contribution >= 0.6 is 11.3 Å². The molecule has 0 fully saturated rings. The molecule has 0 radical (unpaired) electrons. The summed E-state index contributed by atoms with van der Waals surface area (Å²) in [6.07, 6.45) is 5.27. The van der Waals surface area contributed by atoms with E-state index in [1.165, 1.54) is 0 Å². The van der Waals surface area contributed by atoms with Crippen molar-refractivity contribution in [2.45, 2.75) is 20.4 Å². The third-order valence-corrected chi connectivity index (χ3v) is 4.19. The average Bonchev–Trinajstić information content (AvgIpc) is 2.92. The van der Waals surface area contributed by atoms with Gasteiger partial charge in [0.15, 0.2) is 5.96 Å². The van der Waals surface area contributed by atoms with Gasteiger partial charge in [0.05, 0.1) is 18.8 Å². The molecule has 0 saturated carbocycles. The number of thiazole rings is 1. The lowest BCUT2D eigenvalue weighted by Gasteiger charge is -2.08. The Morgan fingerprint density at radius 1 is 1.32 bits per heavy atom. The van der Waals surface area contributed by atoms with Crippen LogP contribution in [0, 0.1) is 19.3 Å². The maximum atomic E-state index is 5.27. The number of benzene rings is 1. The highest BCUT2D eigenvalue weighted by Crippen LogP contribution is 2.28. The molecule has 0 atom stereocenters. The molecule has 0 bridgehead atoms. The van der Waals surface area contributed by atoms with E-state index in [1.807, 2.05) is 32.0 Å². The number of nitrogens with zero attached hydrogens (tertiary/aromatic N) is 2. The molecule has 114 valence electrons. The van der Waals surface area contributed by atoms with Gasteiger partial charge < -0.3 is 10.6 Å². The maximum Gasteiger partial charge on any atom is 0.192 e. The average molecular weight is 312 g/mol. The molecule has 2 aromatic rings. The zero-order valence-electron chi connectivity index (χ0n) is 12.9. The van der Waals surface area contributed by atoms with Crippen molar-refractivity contribution >= 4 is 17.3 Å². The molecule has 1 heterocycles. The number of terminal acetylenes is 1. The van der Waals surface area contributed by atoms with Gasteiger partial charge in [0.25, 0.3) is 0 Å². The first kappa shape index (κ1) is 16.1. The molecule has 0 aliphatic rings. The predicted octanol–water partition coefficient (Wildman–Crippen LogP) is 2.81. The van der Waals surface area contributed by atoms with E-state index < -0.39 is 0 Å². The molecule has 1 aromatic heterocycles. The van der Waals surface area contributed by atoms with Gasteiger partial charge in [-0.25, -0.2) is 9.98 Å². The molecule has 2 N–H and O–H groups in total. The van der Waals surface area contributed by atoms with E-state index in [0.29, 0.717) is 13.1 Å². The minimum atomic E-state index is 0.461. The number of aliphatic imine (C=N–C) groups is 1. The van der Waals surface area contributed by atoms with Crippen molar-refractivity contribution in [2.75, 3.05) is 13.1 Å². The molecule has 0 aliphatic carbocycles. The van der Waals surface area contributed by atoms with Crippen molar-refractivity contribution in [1.29, 1.82) is 0 Å². The van der Waals surface area contributed by atoms with Gasteiger partial charge >= 0.3 is 0 Å². The molecule has 5 heteroatoms. The summed E-state index contributed by atoms with van der Waals surface area (Å²) in [6, 6.07) is 10.2. The van der Waals surface area contributed by atoms with Crippen LogP contribution in [0.5, 0.6) is 0 Å². The number of rotatable bonds is 5. The van der Waals surface area contributed by atoms with Gasteiger partial charge in [0.2, 0.25) is 0 Å². The summed E-state index contributed by atoms with van der Waals surface area (Å²) < 4.78 is 0. The molecule has 0 aliphatic heterocycles. The fourth-order valence-corrected chi connectivity index (χ4v) is 2.90. The molecule has 2 rings (SSSR count). The molecule has 4 nitrogen and oxygen atoms in total. The van der Waals surface area contributed by atoms with Crippen LogP contribution in [-0.4, -0.2) is 24.0 Å². The van der Waals surface area contributed by atoms with Crippen LogP contribution in [-0.2, 0) is 6.54 Å². The molecule has 1 aromatic carbocycles. The van der Waals surface area contributed by atoms with E-state index in [9.17, 15) is 0 Å². The zero-order chi connectivity index (χ0) is 15.8. The number of guanidine groups is 1. The van der Waals surface area contributed by atoms with E-state index in [2.05, 4.69) is 38.7 Å². The third kappa shape index (κ3) is 4.34. The molecular formula is C17H20N4S. The van der Waals surface area contributed by atoms with Crippen LogP contribution in [0.4, 0.5) is 0 Å². The molecule has 22 heavy (non-hydrogen) atoms. The summed E-state index contributed by atoms with van der Waals surface area (Å²) in [4.78, 5) is 10.4. The van der Waals surface area contributed by atoms with Gasteiger partial charge in [-0.05, 0) is 13.8 Å². The second kappa shape index (κ2) is 8.20. The first-order valence-electron chi connectivity index (χ1n) is 7.22. The van der Waals surface area contributed by atoms with Crippen LogP contribution < -0.4 is 10.6 Å². The van der Waals surface area contributed by atoms with Gasteiger partial charge in [-0.3, -0.25) is 0 Å². The van der Waals surface area contributed by atoms with Crippen molar-refractivity contribution in [1.82, 2.24) is 15.6 Å². The molecular weight excluding hydrogens is 292 g/mol. The van der Waals surface area contributed by atoms with Crippen LogP contribution in [0.15, 0.2) is 35.3 Å². The maximum absolute atomic E-state index is 5.27. The number of aromatic nitrogens is 1. The van der Waals surface area contributed by atoms with Crippen LogP contribution in [0.25, 0.3) is 10.6 Å². The standard InChI is InChI=1S/C17H20N4S/c1-4-11-19-17(18-5-2)20-12-15-13(3)21-16(22-15)14-9-7-6-8-10-14/h1,6-10H,5,11-12H2,2-3H3,(H2,18,19,20). The van der Waals surface area contributed by atoms with E-state index in [0.717, 1.165) is 33.6 Å². The topological polar surface area (TPSA) is 49.3 Å². The van der Waals surface area contributed by atoms with Gasteiger partial charge in [-0.1, -0.05) is 36.3 Å². The molecule has 0 saturated heterocycles. The second-order valence-corrected chi connectivity index (χ2v) is 5.73. The fourth-order valence-electron chi connectivity index (χ4n) is 1.91. The minimum Gasteiger partial charge on any atom is -0.357 e. The highest BCUT2D eigenvalue weighted by Gasteiger charge is 2.09. The quantitative estimate of drug-likeness (QED) is 0.507. The van der Waals surface area contributed by atoms with Crippen molar-refractivity contribution in [2.24, 2.45) is 4.99 Å². The van der Waals surface area contributed by atoms with Gasteiger partial charge in [-0.2, -0.15) is 0 Å². The molecule has 0 spiro atoms. The van der Waals surface area contributed by atoms with Crippen LogP contribution in [0.1, 0.15) is 17.5 Å². The van der Waals surface area contributed by atoms with Gasteiger partial charge in [0, 0.05) is 17.0 Å². The Morgan fingerprint density at radius 3 is 2.77 bits per heavy atom. The van der Waals surface area contributed by atoms with E-state index >= 15 is 0 Å². The van der Waals surface area contributed by atoms with Crippen LogP contribution in [0.3, 0.4) is 0 Å². The third-order valence-electron chi connectivity index (χ3n) is 3.00.